The van der Waals surface area contributed by atoms with Crippen LogP contribution in [-0.4, -0.2) is 25.6 Å². The summed E-state index contributed by atoms with van der Waals surface area (Å²) in [5, 5.41) is 13.0. The molecule has 0 aliphatic rings. The predicted octanol–water partition coefficient (Wildman–Crippen LogP) is 2.06. The van der Waals surface area contributed by atoms with E-state index in [1.54, 1.807) is 23.6 Å². The van der Waals surface area contributed by atoms with Gasteiger partial charge in [-0.25, -0.2) is 13.4 Å². The van der Waals surface area contributed by atoms with Gasteiger partial charge in [0.2, 0.25) is 0 Å². The van der Waals surface area contributed by atoms with Crippen molar-refractivity contribution in [1.29, 1.82) is 0 Å². The van der Waals surface area contributed by atoms with Crippen molar-refractivity contribution in [2.24, 2.45) is 4.99 Å². The van der Waals surface area contributed by atoms with Crippen molar-refractivity contribution in [2.45, 2.75) is 4.90 Å². The number of aliphatic imine (C=N–C) groups is 1. The van der Waals surface area contributed by atoms with Crippen molar-refractivity contribution in [1.82, 2.24) is 4.98 Å². The fourth-order valence-corrected chi connectivity index (χ4v) is 3.89. The summed E-state index contributed by atoms with van der Waals surface area (Å²) in [6.07, 6.45) is 2.90. The highest BCUT2D eigenvalue weighted by atomic mass is 32.2. The number of nitrogens with one attached hydrogen (secondary N) is 1. The molecule has 0 saturated carbocycles. The zero-order valence-corrected chi connectivity index (χ0v) is 14.8. The maximum absolute atomic E-state index is 12.3. The van der Waals surface area contributed by atoms with Crippen LogP contribution in [0.15, 0.2) is 70.0 Å². The second kappa shape index (κ2) is 7.46. The molecule has 0 bridgehead atoms. The molecule has 0 atom stereocenters. The standard InChI is InChI=1S/C17H13N3O4S2/c21-16(22)15-4-2-1-3-12(15)11-19-13-5-7-14(8-6-13)26(23,24)20-17-18-9-10-25-17/h1-11H,(H,18,20)(H,21,22)/p-1. The topological polar surface area (TPSA) is 112 Å². The van der Waals surface area contributed by atoms with E-state index >= 15 is 0 Å². The van der Waals surface area contributed by atoms with Crippen molar-refractivity contribution < 1.29 is 18.3 Å². The number of carbonyl (C=O) groups is 1. The number of nitrogens with zero attached hydrogens (tertiary/aromatic N) is 2. The number of hydrogen-bond donors (Lipinski definition) is 1. The molecule has 3 rings (SSSR count). The fraction of sp³-hybridized carbons (Fsp3) is 0. The van der Waals surface area contributed by atoms with E-state index in [2.05, 4.69) is 14.7 Å². The number of carbonyl (C=O) groups excluding carboxylic acids is 1. The Kier molecular flexibility index (Phi) is 5.10. The summed E-state index contributed by atoms with van der Waals surface area (Å²) in [4.78, 5) is 19.2. The van der Waals surface area contributed by atoms with Gasteiger partial charge in [-0.3, -0.25) is 9.71 Å². The Morgan fingerprint density at radius 2 is 1.88 bits per heavy atom. The molecule has 26 heavy (non-hydrogen) atoms. The number of rotatable bonds is 6. The number of benzene rings is 2. The third-order valence-corrected chi connectivity index (χ3v) is 5.51. The molecule has 1 heterocycles. The first-order valence-electron chi connectivity index (χ1n) is 7.32. The molecule has 0 fully saturated rings. The van der Waals surface area contributed by atoms with Crippen LogP contribution in [0.3, 0.4) is 0 Å². The number of aromatic carboxylic acids is 1. The molecule has 0 spiro atoms. The quantitative estimate of drug-likeness (QED) is 0.652. The minimum Gasteiger partial charge on any atom is -0.545 e. The van der Waals surface area contributed by atoms with Gasteiger partial charge < -0.3 is 9.90 Å². The average Bonchev–Trinajstić information content (AvgIpc) is 3.12. The van der Waals surface area contributed by atoms with Gasteiger partial charge in [-0.05, 0) is 24.3 Å². The number of thiazole rings is 1. The summed E-state index contributed by atoms with van der Waals surface area (Å²) < 4.78 is 26.9. The van der Waals surface area contributed by atoms with Crippen molar-refractivity contribution in [2.75, 3.05) is 4.72 Å². The average molecular weight is 386 g/mol. The van der Waals surface area contributed by atoms with Crippen LogP contribution >= 0.6 is 11.3 Å². The van der Waals surface area contributed by atoms with Crippen LogP contribution in [0.25, 0.3) is 0 Å². The number of anilines is 1. The molecule has 1 aromatic heterocycles. The zero-order chi connectivity index (χ0) is 18.6. The molecule has 7 nitrogen and oxygen atoms in total. The van der Waals surface area contributed by atoms with Gasteiger partial charge in [-0.15, -0.1) is 11.3 Å². The predicted molar refractivity (Wildman–Crippen MR) is 97.4 cm³/mol. The van der Waals surface area contributed by atoms with Crippen LogP contribution in [-0.2, 0) is 10.0 Å². The molecule has 0 aliphatic carbocycles. The first kappa shape index (κ1) is 17.8. The van der Waals surface area contributed by atoms with Gasteiger partial charge in [0.15, 0.2) is 5.13 Å². The number of hydrogen-bond acceptors (Lipinski definition) is 7. The monoisotopic (exact) mass is 386 g/mol. The Bertz CT molecular complexity index is 1040. The maximum atomic E-state index is 12.3. The van der Waals surface area contributed by atoms with E-state index in [1.807, 2.05) is 0 Å². The third kappa shape index (κ3) is 4.13. The lowest BCUT2D eigenvalue weighted by molar-refractivity contribution is -0.255. The van der Waals surface area contributed by atoms with Crippen LogP contribution in [0.4, 0.5) is 10.8 Å². The summed E-state index contributed by atoms with van der Waals surface area (Å²) in [6, 6.07) is 12.2. The van der Waals surface area contributed by atoms with E-state index in [0.29, 0.717) is 11.3 Å². The third-order valence-electron chi connectivity index (χ3n) is 3.33. The summed E-state index contributed by atoms with van der Waals surface area (Å²) in [5.74, 6) is -1.29. The van der Waals surface area contributed by atoms with Crippen LogP contribution in [0, 0.1) is 0 Å². The molecule has 0 amide bonds. The zero-order valence-electron chi connectivity index (χ0n) is 13.2. The van der Waals surface area contributed by atoms with Gasteiger partial charge in [0, 0.05) is 28.9 Å². The van der Waals surface area contributed by atoms with Crippen LogP contribution in [0.5, 0.6) is 0 Å². The fourth-order valence-electron chi connectivity index (χ4n) is 2.10. The van der Waals surface area contributed by atoms with Gasteiger partial charge in [-0.1, -0.05) is 24.3 Å². The summed E-state index contributed by atoms with van der Waals surface area (Å²) in [7, 11) is -3.72. The van der Waals surface area contributed by atoms with Gasteiger partial charge in [0.1, 0.15) is 0 Å². The molecular formula is C17H12N3O4S2-. The molecule has 3 aromatic rings. The number of sulfonamides is 1. The highest BCUT2D eigenvalue weighted by molar-refractivity contribution is 7.93. The van der Waals surface area contributed by atoms with E-state index in [0.717, 1.165) is 0 Å². The summed E-state index contributed by atoms with van der Waals surface area (Å²) in [5.41, 5.74) is 0.907. The van der Waals surface area contributed by atoms with Crippen molar-refractivity contribution in [3.63, 3.8) is 0 Å². The lowest BCUT2D eigenvalue weighted by Crippen LogP contribution is -2.23. The minimum absolute atomic E-state index is 0.0306. The molecule has 0 aliphatic heterocycles. The molecule has 132 valence electrons. The number of carboxylic acid groups (broad SMARTS) is 1. The van der Waals surface area contributed by atoms with Crippen molar-refractivity contribution in [3.05, 3.63) is 71.2 Å². The van der Waals surface area contributed by atoms with E-state index in [1.165, 1.54) is 54.1 Å². The van der Waals surface area contributed by atoms with E-state index in [-0.39, 0.29) is 15.6 Å². The summed E-state index contributed by atoms with van der Waals surface area (Å²) >= 11 is 1.18. The van der Waals surface area contributed by atoms with Crippen LogP contribution in [0.2, 0.25) is 0 Å². The number of carboxylic acids is 1. The van der Waals surface area contributed by atoms with E-state index < -0.39 is 16.0 Å². The highest BCUT2D eigenvalue weighted by Crippen LogP contribution is 2.20. The normalized spacial score (nSPS) is 11.5. The Morgan fingerprint density at radius 3 is 2.54 bits per heavy atom. The first-order chi connectivity index (χ1) is 12.5. The largest absolute Gasteiger partial charge is 0.545 e. The van der Waals surface area contributed by atoms with Crippen molar-refractivity contribution >= 4 is 44.4 Å². The molecule has 0 saturated heterocycles. The van der Waals surface area contributed by atoms with E-state index in [9.17, 15) is 18.3 Å². The molecular weight excluding hydrogens is 374 g/mol. The Balaban J connectivity index is 1.79. The Morgan fingerprint density at radius 1 is 1.15 bits per heavy atom. The summed E-state index contributed by atoms with van der Waals surface area (Å²) in [6.45, 7) is 0. The lowest BCUT2D eigenvalue weighted by Gasteiger charge is -2.06. The second-order valence-corrected chi connectivity index (χ2v) is 7.65. The molecule has 0 unspecified atom stereocenters. The van der Waals surface area contributed by atoms with Gasteiger partial charge in [0.05, 0.1) is 16.6 Å². The lowest BCUT2D eigenvalue weighted by atomic mass is 10.1. The molecule has 0 radical (unpaired) electrons. The highest BCUT2D eigenvalue weighted by Gasteiger charge is 2.15. The molecule has 2 aromatic carbocycles. The van der Waals surface area contributed by atoms with Crippen molar-refractivity contribution in [3.8, 4) is 0 Å². The van der Waals surface area contributed by atoms with Crippen LogP contribution < -0.4 is 9.83 Å². The minimum atomic E-state index is -3.72. The SMILES string of the molecule is O=C([O-])c1ccccc1C=Nc1ccc(S(=O)(=O)Nc2nccs2)cc1. The number of aromatic nitrogens is 1. The van der Waals surface area contributed by atoms with Gasteiger partial charge in [-0.2, -0.15) is 0 Å². The van der Waals surface area contributed by atoms with Gasteiger partial charge >= 0.3 is 0 Å². The maximum Gasteiger partial charge on any atom is 0.263 e. The molecule has 1 N–H and O–H groups in total. The first-order valence-corrected chi connectivity index (χ1v) is 9.69. The Hall–Kier alpha value is -3.04. The van der Waals surface area contributed by atoms with E-state index in [4.69, 9.17) is 0 Å². The Labute approximate surface area is 153 Å². The van der Waals surface area contributed by atoms with Crippen LogP contribution in [0.1, 0.15) is 15.9 Å². The second-order valence-electron chi connectivity index (χ2n) is 5.07. The smallest absolute Gasteiger partial charge is 0.263 e. The van der Waals surface area contributed by atoms with Gasteiger partial charge in [0.25, 0.3) is 10.0 Å². The molecule has 9 heteroatoms.